The number of carbonyl (C=O) groups is 1. The van der Waals surface area contributed by atoms with Gasteiger partial charge >= 0.3 is 0 Å². The molecule has 31 heavy (non-hydrogen) atoms. The molecule has 166 valence electrons. The number of amides is 1. The predicted octanol–water partition coefficient (Wildman–Crippen LogP) is 3.80. The number of sulfonamides is 1. The molecule has 1 fully saturated rings. The molecule has 2 aromatic carbocycles. The molecule has 3 rings (SSSR count). The Balaban J connectivity index is 1.48. The fourth-order valence-electron chi connectivity index (χ4n) is 3.50. The lowest BCUT2D eigenvalue weighted by Crippen LogP contribution is -2.44. The summed E-state index contributed by atoms with van der Waals surface area (Å²) in [6.07, 6.45) is 6.07. The van der Waals surface area contributed by atoms with Crippen LogP contribution in [0.2, 0.25) is 5.02 Å². The second-order valence-electron chi connectivity index (χ2n) is 7.57. The third-order valence-corrected chi connectivity index (χ3v) is 7.17. The lowest BCUT2D eigenvalue weighted by Gasteiger charge is -2.24. The molecule has 0 heterocycles. The Morgan fingerprint density at radius 3 is 2.29 bits per heavy atom. The normalized spacial score (nSPS) is 14.6. The summed E-state index contributed by atoms with van der Waals surface area (Å²) in [7, 11) is -3.73. The van der Waals surface area contributed by atoms with Crippen LogP contribution in [-0.2, 0) is 16.4 Å². The molecule has 0 aliphatic heterocycles. The van der Waals surface area contributed by atoms with Crippen LogP contribution in [0.5, 0.6) is 0 Å². The lowest BCUT2D eigenvalue weighted by atomic mass is 9.96. The minimum absolute atomic E-state index is 0.140. The van der Waals surface area contributed by atoms with Crippen molar-refractivity contribution in [3.05, 3.63) is 64.7 Å². The minimum Gasteiger partial charge on any atom is -0.359 e. The first kappa shape index (κ1) is 23.5. The van der Waals surface area contributed by atoms with Crippen LogP contribution in [0.4, 0.5) is 0 Å². The van der Waals surface area contributed by atoms with E-state index in [1.807, 2.05) is 0 Å². The summed E-state index contributed by atoms with van der Waals surface area (Å²) in [5.41, 5.74) is 1.45. The van der Waals surface area contributed by atoms with Gasteiger partial charge in [-0.1, -0.05) is 43.0 Å². The number of carbonyl (C=O) groups excluding carboxylic acids is 1. The first-order chi connectivity index (χ1) is 14.8. The van der Waals surface area contributed by atoms with E-state index in [2.05, 4.69) is 15.4 Å². The van der Waals surface area contributed by atoms with Gasteiger partial charge in [-0.3, -0.25) is 9.52 Å². The molecule has 0 spiro atoms. The number of benzene rings is 2. The monoisotopic (exact) mass is 479 g/mol. The maximum absolute atomic E-state index is 12.6. The van der Waals surface area contributed by atoms with Crippen molar-refractivity contribution in [3.8, 4) is 0 Å². The van der Waals surface area contributed by atoms with Gasteiger partial charge in [-0.2, -0.15) is 0 Å². The van der Waals surface area contributed by atoms with Crippen molar-refractivity contribution in [1.29, 1.82) is 0 Å². The van der Waals surface area contributed by atoms with E-state index in [-0.39, 0.29) is 22.0 Å². The molecule has 0 radical (unpaired) electrons. The van der Waals surface area contributed by atoms with Crippen LogP contribution in [0.25, 0.3) is 0 Å². The molecule has 1 saturated carbocycles. The van der Waals surface area contributed by atoms with Gasteiger partial charge in [0.2, 0.25) is 0 Å². The van der Waals surface area contributed by atoms with E-state index in [0.29, 0.717) is 23.6 Å². The summed E-state index contributed by atoms with van der Waals surface area (Å²) in [6, 6.07) is 13.5. The van der Waals surface area contributed by atoms with Crippen molar-refractivity contribution in [2.24, 2.45) is 0 Å². The molecular formula is C22H26ClN3O3S2. The fourth-order valence-corrected chi connectivity index (χ4v) is 5.04. The number of halogens is 1. The first-order valence-corrected chi connectivity index (χ1v) is 12.6. The minimum atomic E-state index is -3.73. The maximum Gasteiger partial charge on any atom is 0.263 e. The van der Waals surface area contributed by atoms with Gasteiger partial charge in [0.05, 0.1) is 4.90 Å². The van der Waals surface area contributed by atoms with Gasteiger partial charge in [0.1, 0.15) is 0 Å². The molecule has 9 heteroatoms. The average Bonchev–Trinajstić information content (AvgIpc) is 2.75. The Hall–Kier alpha value is -2.16. The highest BCUT2D eigenvalue weighted by atomic mass is 35.5. The van der Waals surface area contributed by atoms with E-state index in [4.69, 9.17) is 23.8 Å². The average molecular weight is 480 g/mol. The van der Waals surface area contributed by atoms with E-state index >= 15 is 0 Å². The molecule has 1 aliphatic carbocycles. The molecule has 0 saturated heterocycles. The Morgan fingerprint density at radius 2 is 1.65 bits per heavy atom. The van der Waals surface area contributed by atoms with Crippen LogP contribution in [0.15, 0.2) is 53.4 Å². The van der Waals surface area contributed by atoms with Crippen LogP contribution in [0, 0.1) is 0 Å². The third-order valence-electron chi connectivity index (χ3n) is 5.21. The molecule has 1 aliphatic rings. The van der Waals surface area contributed by atoms with Crippen molar-refractivity contribution in [2.75, 3.05) is 6.54 Å². The zero-order valence-corrected chi connectivity index (χ0v) is 19.5. The Bertz CT molecular complexity index is 1000. The number of thiocarbonyl (C=S) groups is 1. The Kier molecular flexibility index (Phi) is 8.28. The van der Waals surface area contributed by atoms with E-state index in [9.17, 15) is 13.2 Å². The van der Waals surface area contributed by atoms with Gasteiger partial charge in [0.25, 0.3) is 15.9 Å². The highest BCUT2D eigenvalue weighted by molar-refractivity contribution is 7.91. The number of nitrogens with one attached hydrogen (secondary N) is 3. The highest BCUT2D eigenvalue weighted by Crippen LogP contribution is 2.17. The van der Waals surface area contributed by atoms with Crippen molar-refractivity contribution >= 4 is 44.9 Å². The predicted molar refractivity (Wildman–Crippen MR) is 127 cm³/mol. The van der Waals surface area contributed by atoms with Crippen molar-refractivity contribution in [3.63, 3.8) is 0 Å². The molecule has 0 bridgehead atoms. The molecule has 2 aromatic rings. The van der Waals surface area contributed by atoms with Crippen LogP contribution in [0.3, 0.4) is 0 Å². The lowest BCUT2D eigenvalue weighted by molar-refractivity contribution is 0.0954. The smallest absolute Gasteiger partial charge is 0.263 e. The van der Waals surface area contributed by atoms with Gasteiger partial charge in [-0.05, 0) is 73.4 Å². The third kappa shape index (κ3) is 7.19. The van der Waals surface area contributed by atoms with E-state index in [1.54, 1.807) is 48.5 Å². The second-order valence-corrected chi connectivity index (χ2v) is 10.1. The maximum atomic E-state index is 12.6. The first-order valence-electron chi connectivity index (χ1n) is 10.3. The van der Waals surface area contributed by atoms with E-state index < -0.39 is 10.0 Å². The quantitative estimate of drug-likeness (QED) is 0.526. The summed E-state index contributed by atoms with van der Waals surface area (Å²) in [4.78, 5) is 12.3. The van der Waals surface area contributed by atoms with E-state index in [1.165, 1.54) is 6.42 Å². The molecule has 0 atom stereocenters. The fraction of sp³-hybridized carbons (Fsp3) is 0.364. The summed E-state index contributed by atoms with van der Waals surface area (Å²) >= 11 is 11.0. The number of hydrogen-bond donors (Lipinski definition) is 3. The molecule has 3 N–H and O–H groups in total. The SMILES string of the molecule is O=C(NCCc1ccc(S(=O)(=O)NC(=S)NC2CCCCC2)cc1)c1ccc(Cl)cc1. The number of hydrogen-bond acceptors (Lipinski definition) is 4. The summed E-state index contributed by atoms with van der Waals surface area (Å²) < 4.78 is 27.6. The number of rotatable bonds is 7. The summed E-state index contributed by atoms with van der Waals surface area (Å²) in [6.45, 7) is 0.432. The van der Waals surface area contributed by atoms with E-state index in [0.717, 1.165) is 31.2 Å². The zero-order chi connectivity index (χ0) is 22.3. The van der Waals surface area contributed by atoms with Gasteiger partial charge in [0.15, 0.2) is 5.11 Å². The molecule has 6 nitrogen and oxygen atoms in total. The van der Waals surface area contributed by atoms with Gasteiger partial charge < -0.3 is 10.6 Å². The van der Waals surface area contributed by atoms with Crippen LogP contribution < -0.4 is 15.4 Å². The van der Waals surface area contributed by atoms with Crippen LogP contribution in [0.1, 0.15) is 48.0 Å². The standard InChI is InChI=1S/C22H26ClN3O3S2/c23-18-10-8-17(9-11-18)21(27)24-15-14-16-6-12-20(13-7-16)31(28,29)26-22(30)25-19-4-2-1-3-5-19/h6-13,19H,1-5,14-15H2,(H,24,27)(H2,25,26,30). The largest absolute Gasteiger partial charge is 0.359 e. The summed E-state index contributed by atoms with van der Waals surface area (Å²) in [5.74, 6) is -0.181. The van der Waals surface area contributed by atoms with Gasteiger partial charge in [-0.15, -0.1) is 0 Å². The highest BCUT2D eigenvalue weighted by Gasteiger charge is 2.19. The topological polar surface area (TPSA) is 87.3 Å². The Morgan fingerprint density at radius 1 is 1.00 bits per heavy atom. The van der Waals surface area contributed by atoms with Crippen LogP contribution in [-0.4, -0.2) is 32.0 Å². The molecule has 0 aromatic heterocycles. The van der Waals surface area contributed by atoms with Crippen molar-refractivity contribution in [1.82, 2.24) is 15.4 Å². The zero-order valence-electron chi connectivity index (χ0n) is 17.1. The summed E-state index contributed by atoms with van der Waals surface area (Å²) in [5, 5.41) is 6.66. The van der Waals surface area contributed by atoms with Crippen molar-refractivity contribution < 1.29 is 13.2 Å². The van der Waals surface area contributed by atoms with Crippen LogP contribution >= 0.6 is 23.8 Å². The van der Waals surface area contributed by atoms with Gasteiger partial charge in [-0.25, -0.2) is 8.42 Å². The van der Waals surface area contributed by atoms with Crippen molar-refractivity contribution in [2.45, 2.75) is 49.5 Å². The molecule has 1 amide bonds. The van der Waals surface area contributed by atoms with Gasteiger partial charge in [0, 0.05) is 23.2 Å². The second kappa shape index (κ2) is 10.9. The molecule has 0 unspecified atom stereocenters. The Labute approximate surface area is 193 Å². The molecular weight excluding hydrogens is 454 g/mol.